The van der Waals surface area contributed by atoms with Gasteiger partial charge in [-0.25, -0.2) is 4.98 Å². The Kier molecular flexibility index (Phi) is 2.96. The van der Waals surface area contributed by atoms with Crippen LogP contribution in [0.4, 0.5) is 13.2 Å². The molecule has 21 heavy (non-hydrogen) atoms. The molecule has 0 atom stereocenters. The van der Waals surface area contributed by atoms with E-state index in [1.54, 1.807) is 10.9 Å². The quantitative estimate of drug-likeness (QED) is 0.729. The molecule has 0 N–H and O–H groups in total. The molecular formula is C13H11F3N4O. The second-order valence-electron chi connectivity index (χ2n) is 4.81. The Morgan fingerprint density at radius 2 is 1.90 bits per heavy atom. The van der Waals surface area contributed by atoms with Gasteiger partial charge in [0.05, 0.1) is 23.9 Å². The van der Waals surface area contributed by atoms with Crippen molar-refractivity contribution in [3.05, 3.63) is 41.3 Å². The molecule has 0 spiro atoms. The molecule has 8 heteroatoms. The number of fused-ring (bicyclic) bond motifs is 1. The highest BCUT2D eigenvalue weighted by atomic mass is 19.4. The van der Waals surface area contributed by atoms with Crippen LogP contribution in [0.5, 0.6) is 0 Å². The van der Waals surface area contributed by atoms with Crippen molar-refractivity contribution in [1.82, 2.24) is 19.7 Å². The first-order valence-corrected chi connectivity index (χ1v) is 6.16. The van der Waals surface area contributed by atoms with Crippen LogP contribution in [0.1, 0.15) is 22.8 Å². The van der Waals surface area contributed by atoms with Gasteiger partial charge in [0, 0.05) is 0 Å². The number of aryl methyl sites for hydroxylation is 2. The summed E-state index contributed by atoms with van der Waals surface area (Å²) in [5.41, 5.74) is 3.77. The van der Waals surface area contributed by atoms with Crippen LogP contribution < -0.4 is 0 Å². The number of aromatic nitrogens is 4. The Morgan fingerprint density at radius 3 is 2.57 bits per heavy atom. The molecule has 1 aromatic carbocycles. The number of alkyl halides is 3. The third kappa shape index (κ3) is 2.48. The number of rotatable bonds is 2. The van der Waals surface area contributed by atoms with Gasteiger partial charge in [0.25, 0.3) is 0 Å². The van der Waals surface area contributed by atoms with Gasteiger partial charge in [0.2, 0.25) is 0 Å². The molecule has 2 heterocycles. The van der Waals surface area contributed by atoms with Crippen LogP contribution >= 0.6 is 0 Å². The van der Waals surface area contributed by atoms with Gasteiger partial charge in [-0.1, -0.05) is 5.16 Å². The molecule has 0 amide bonds. The van der Waals surface area contributed by atoms with E-state index >= 15 is 0 Å². The summed E-state index contributed by atoms with van der Waals surface area (Å²) >= 11 is 0. The second kappa shape index (κ2) is 4.57. The lowest BCUT2D eigenvalue weighted by atomic mass is 10.1. The summed E-state index contributed by atoms with van der Waals surface area (Å²) in [5, 5.41) is 3.35. The summed E-state index contributed by atoms with van der Waals surface area (Å²) in [7, 11) is 0. The topological polar surface area (TPSA) is 56.7 Å². The summed E-state index contributed by atoms with van der Waals surface area (Å²) in [5.74, 6) is -1.38. The van der Waals surface area contributed by atoms with Gasteiger partial charge in [-0.2, -0.15) is 18.2 Å². The fourth-order valence-electron chi connectivity index (χ4n) is 2.02. The Hall–Kier alpha value is -2.38. The lowest BCUT2D eigenvalue weighted by molar-refractivity contribution is -0.159. The standard InChI is InChI=1S/C13H11F3N4O/c1-7-3-9-10(4-8(7)2)20(6-17-9)5-11-18-12(21-19-11)13(14,15)16/h3-4,6H,5H2,1-2H3. The first-order valence-electron chi connectivity index (χ1n) is 6.16. The molecule has 0 aliphatic heterocycles. The molecule has 0 aliphatic carbocycles. The van der Waals surface area contributed by atoms with Crippen molar-refractivity contribution in [3.63, 3.8) is 0 Å². The van der Waals surface area contributed by atoms with Gasteiger partial charge in [-0.05, 0) is 37.1 Å². The zero-order valence-electron chi connectivity index (χ0n) is 11.3. The van der Waals surface area contributed by atoms with Crippen LogP contribution in [-0.2, 0) is 12.7 Å². The fourth-order valence-corrected chi connectivity index (χ4v) is 2.02. The number of hydrogen-bond donors (Lipinski definition) is 0. The van der Waals surface area contributed by atoms with Crippen LogP contribution in [0.3, 0.4) is 0 Å². The van der Waals surface area contributed by atoms with Crippen LogP contribution in [-0.4, -0.2) is 19.7 Å². The third-order valence-electron chi connectivity index (χ3n) is 3.26. The summed E-state index contributed by atoms with van der Waals surface area (Å²) in [6.07, 6.45) is -3.08. The maximum atomic E-state index is 12.4. The van der Waals surface area contributed by atoms with Crippen LogP contribution in [0.25, 0.3) is 11.0 Å². The predicted molar refractivity (Wildman–Crippen MR) is 67.6 cm³/mol. The lowest BCUT2D eigenvalue weighted by Gasteiger charge is -2.03. The molecule has 5 nitrogen and oxygen atoms in total. The van der Waals surface area contributed by atoms with E-state index in [-0.39, 0.29) is 12.4 Å². The average molecular weight is 296 g/mol. The van der Waals surface area contributed by atoms with Gasteiger partial charge in [0.15, 0.2) is 5.82 Å². The summed E-state index contributed by atoms with van der Waals surface area (Å²) in [6, 6.07) is 3.86. The average Bonchev–Trinajstić information content (AvgIpc) is 2.99. The first-order chi connectivity index (χ1) is 9.84. The van der Waals surface area contributed by atoms with Crippen molar-refractivity contribution in [1.29, 1.82) is 0 Å². The van der Waals surface area contributed by atoms with E-state index in [1.165, 1.54) is 0 Å². The van der Waals surface area contributed by atoms with Crippen molar-refractivity contribution >= 4 is 11.0 Å². The SMILES string of the molecule is Cc1cc2ncn(Cc3noc(C(F)(F)F)n3)c2cc1C. The van der Waals surface area contributed by atoms with E-state index in [2.05, 4.69) is 19.6 Å². The number of halogens is 3. The van der Waals surface area contributed by atoms with Gasteiger partial charge in [-0.3, -0.25) is 0 Å². The highest BCUT2D eigenvalue weighted by molar-refractivity contribution is 5.77. The van der Waals surface area contributed by atoms with Crippen molar-refractivity contribution < 1.29 is 17.7 Å². The van der Waals surface area contributed by atoms with Gasteiger partial charge < -0.3 is 9.09 Å². The summed E-state index contributed by atoms with van der Waals surface area (Å²) in [4.78, 5) is 7.58. The molecule has 0 radical (unpaired) electrons. The van der Waals surface area contributed by atoms with E-state index in [0.717, 1.165) is 22.2 Å². The van der Waals surface area contributed by atoms with Crippen molar-refractivity contribution in [2.45, 2.75) is 26.6 Å². The molecule has 0 aliphatic rings. The van der Waals surface area contributed by atoms with E-state index in [9.17, 15) is 13.2 Å². The summed E-state index contributed by atoms with van der Waals surface area (Å²) in [6.45, 7) is 4.00. The molecule has 0 bridgehead atoms. The minimum Gasteiger partial charge on any atom is -0.329 e. The van der Waals surface area contributed by atoms with Crippen LogP contribution in [0, 0.1) is 13.8 Å². The number of hydrogen-bond acceptors (Lipinski definition) is 4. The van der Waals surface area contributed by atoms with E-state index in [4.69, 9.17) is 0 Å². The summed E-state index contributed by atoms with van der Waals surface area (Å²) < 4.78 is 43.1. The first kappa shape index (κ1) is 13.6. The molecule has 0 saturated heterocycles. The second-order valence-corrected chi connectivity index (χ2v) is 4.81. The molecule has 0 unspecified atom stereocenters. The maximum absolute atomic E-state index is 12.4. The zero-order valence-corrected chi connectivity index (χ0v) is 11.3. The third-order valence-corrected chi connectivity index (χ3v) is 3.26. The Balaban J connectivity index is 1.95. The van der Waals surface area contributed by atoms with Crippen molar-refractivity contribution in [2.75, 3.05) is 0 Å². The smallest absolute Gasteiger partial charge is 0.329 e. The molecular weight excluding hydrogens is 285 g/mol. The van der Waals surface area contributed by atoms with Crippen molar-refractivity contribution in [3.8, 4) is 0 Å². The molecule has 110 valence electrons. The largest absolute Gasteiger partial charge is 0.471 e. The Labute approximate surface area is 117 Å². The Morgan fingerprint density at radius 1 is 1.19 bits per heavy atom. The minimum atomic E-state index is -4.63. The van der Waals surface area contributed by atoms with Crippen molar-refractivity contribution in [2.24, 2.45) is 0 Å². The number of imidazole rings is 1. The van der Waals surface area contributed by atoms with Crippen LogP contribution in [0.15, 0.2) is 23.0 Å². The molecule has 0 fully saturated rings. The highest BCUT2D eigenvalue weighted by Gasteiger charge is 2.38. The monoisotopic (exact) mass is 296 g/mol. The number of benzene rings is 1. The normalized spacial score (nSPS) is 12.2. The molecule has 3 aromatic rings. The van der Waals surface area contributed by atoms with E-state index in [0.29, 0.717) is 0 Å². The van der Waals surface area contributed by atoms with Gasteiger partial charge in [0.1, 0.15) is 0 Å². The Bertz CT molecular complexity index is 803. The number of nitrogens with zero attached hydrogens (tertiary/aromatic N) is 4. The van der Waals surface area contributed by atoms with E-state index in [1.807, 2.05) is 26.0 Å². The molecule has 0 saturated carbocycles. The highest BCUT2D eigenvalue weighted by Crippen LogP contribution is 2.27. The molecule has 3 rings (SSSR count). The lowest BCUT2D eigenvalue weighted by Crippen LogP contribution is -2.06. The van der Waals surface area contributed by atoms with Crippen LogP contribution in [0.2, 0.25) is 0 Å². The minimum absolute atomic E-state index is 0.0418. The fraction of sp³-hybridized carbons (Fsp3) is 0.308. The van der Waals surface area contributed by atoms with Gasteiger partial charge in [-0.15, -0.1) is 0 Å². The van der Waals surface area contributed by atoms with Gasteiger partial charge >= 0.3 is 12.1 Å². The maximum Gasteiger partial charge on any atom is 0.471 e. The predicted octanol–water partition coefficient (Wildman–Crippen LogP) is 3.10. The van der Waals surface area contributed by atoms with E-state index < -0.39 is 12.1 Å². The zero-order chi connectivity index (χ0) is 15.2. The molecule has 2 aromatic heterocycles.